The second-order valence-corrected chi connectivity index (χ2v) is 7.65. The van der Waals surface area contributed by atoms with Crippen molar-refractivity contribution in [1.82, 2.24) is 4.90 Å². The Bertz CT molecular complexity index is 593. The number of hydrogen-bond acceptors (Lipinski definition) is 4. The van der Waals surface area contributed by atoms with Gasteiger partial charge in [-0.25, -0.2) is 9.69 Å². The zero-order valence-electron chi connectivity index (χ0n) is 15.8. The highest BCUT2D eigenvalue weighted by molar-refractivity contribution is 5.95. The first-order valence-electron chi connectivity index (χ1n) is 8.94. The molecule has 1 heterocycles. The summed E-state index contributed by atoms with van der Waals surface area (Å²) in [4.78, 5) is 27.0. The number of nitrogens with zero attached hydrogens (tertiary/aromatic N) is 1. The maximum atomic E-state index is 13.0. The van der Waals surface area contributed by atoms with Gasteiger partial charge in [-0.05, 0) is 32.3 Å². The zero-order chi connectivity index (χ0) is 18.6. The first-order valence-corrected chi connectivity index (χ1v) is 8.94. The summed E-state index contributed by atoms with van der Waals surface area (Å²) in [5.41, 5.74) is 0.358. The highest BCUT2D eigenvalue weighted by Gasteiger charge is 2.43. The number of carbonyl (C=O) groups is 2. The SMILES string of the molecule is CC[C@H](C)[C@H]1CO[C@@H](Cc2ccccc2)C(=O)N1C(=O)OC(C)(C)C. The summed E-state index contributed by atoms with van der Waals surface area (Å²) < 4.78 is 11.3. The average molecular weight is 347 g/mol. The molecular formula is C20H29NO4. The molecule has 1 saturated heterocycles. The van der Waals surface area contributed by atoms with Gasteiger partial charge in [-0.15, -0.1) is 0 Å². The van der Waals surface area contributed by atoms with Crippen LogP contribution in [0.5, 0.6) is 0 Å². The summed E-state index contributed by atoms with van der Waals surface area (Å²) in [6.45, 7) is 9.81. The summed E-state index contributed by atoms with van der Waals surface area (Å²) in [6, 6.07) is 9.40. The number of morpholine rings is 1. The number of carbonyl (C=O) groups excluding carboxylic acids is 2. The van der Waals surface area contributed by atoms with E-state index in [4.69, 9.17) is 9.47 Å². The van der Waals surface area contributed by atoms with Gasteiger partial charge in [0.25, 0.3) is 5.91 Å². The lowest BCUT2D eigenvalue weighted by atomic mass is 9.95. The predicted octanol–water partition coefficient (Wildman–Crippen LogP) is 3.81. The van der Waals surface area contributed by atoms with Gasteiger partial charge in [-0.1, -0.05) is 50.6 Å². The fourth-order valence-electron chi connectivity index (χ4n) is 2.88. The van der Waals surface area contributed by atoms with Crippen molar-refractivity contribution in [3.63, 3.8) is 0 Å². The van der Waals surface area contributed by atoms with Crippen molar-refractivity contribution in [2.75, 3.05) is 6.61 Å². The molecule has 138 valence electrons. The van der Waals surface area contributed by atoms with Crippen LogP contribution in [0.1, 0.15) is 46.6 Å². The van der Waals surface area contributed by atoms with E-state index in [0.29, 0.717) is 13.0 Å². The summed E-state index contributed by atoms with van der Waals surface area (Å²) >= 11 is 0. The number of hydrogen-bond donors (Lipinski definition) is 0. The molecule has 3 atom stereocenters. The summed E-state index contributed by atoms with van der Waals surface area (Å²) in [5, 5.41) is 0. The van der Waals surface area contributed by atoms with Crippen LogP contribution in [0.3, 0.4) is 0 Å². The van der Waals surface area contributed by atoms with Crippen molar-refractivity contribution in [2.24, 2.45) is 5.92 Å². The Kier molecular flexibility index (Phi) is 6.22. The van der Waals surface area contributed by atoms with E-state index in [-0.39, 0.29) is 17.9 Å². The van der Waals surface area contributed by atoms with Gasteiger partial charge in [0.05, 0.1) is 12.6 Å². The van der Waals surface area contributed by atoms with Gasteiger partial charge < -0.3 is 9.47 Å². The first-order chi connectivity index (χ1) is 11.7. The van der Waals surface area contributed by atoms with Gasteiger partial charge in [0.15, 0.2) is 0 Å². The van der Waals surface area contributed by atoms with Crippen LogP contribution in [0.4, 0.5) is 4.79 Å². The first kappa shape index (κ1) is 19.4. The zero-order valence-corrected chi connectivity index (χ0v) is 15.8. The predicted molar refractivity (Wildman–Crippen MR) is 96.2 cm³/mol. The van der Waals surface area contributed by atoms with Gasteiger partial charge in [0.1, 0.15) is 11.7 Å². The van der Waals surface area contributed by atoms with Gasteiger partial charge in [0, 0.05) is 6.42 Å². The number of benzene rings is 1. The molecule has 2 rings (SSSR count). The molecule has 0 aromatic heterocycles. The van der Waals surface area contributed by atoms with E-state index in [1.807, 2.05) is 44.2 Å². The maximum absolute atomic E-state index is 13.0. The van der Waals surface area contributed by atoms with Crippen molar-refractivity contribution in [1.29, 1.82) is 0 Å². The lowest BCUT2D eigenvalue weighted by molar-refractivity contribution is -0.159. The van der Waals surface area contributed by atoms with E-state index in [9.17, 15) is 9.59 Å². The van der Waals surface area contributed by atoms with Gasteiger partial charge in [-0.3, -0.25) is 4.79 Å². The minimum atomic E-state index is -0.657. The second-order valence-electron chi connectivity index (χ2n) is 7.65. The molecule has 2 amide bonds. The molecule has 0 spiro atoms. The molecule has 0 N–H and O–H groups in total. The standard InChI is InChI=1S/C20H29NO4/c1-6-14(2)16-13-24-17(12-15-10-8-7-9-11-15)18(22)21(16)19(23)25-20(3,4)5/h7-11,14,16-17H,6,12-13H2,1-5H3/t14-,16+,17-/m0/s1. The third-order valence-electron chi connectivity index (χ3n) is 4.47. The van der Waals surface area contributed by atoms with Crippen LogP contribution in [0.2, 0.25) is 0 Å². The fraction of sp³-hybridized carbons (Fsp3) is 0.600. The molecule has 1 fully saturated rings. The van der Waals surface area contributed by atoms with Gasteiger partial charge in [0.2, 0.25) is 0 Å². The Morgan fingerprint density at radius 3 is 2.52 bits per heavy atom. The van der Waals surface area contributed by atoms with Gasteiger partial charge >= 0.3 is 6.09 Å². The monoisotopic (exact) mass is 347 g/mol. The summed E-state index contributed by atoms with van der Waals surface area (Å²) in [6.07, 6.45) is 0.0651. The highest BCUT2D eigenvalue weighted by atomic mass is 16.6. The second kappa shape index (κ2) is 8.00. The Hall–Kier alpha value is -1.88. The smallest absolute Gasteiger partial charge is 0.417 e. The molecule has 5 nitrogen and oxygen atoms in total. The lowest BCUT2D eigenvalue weighted by Gasteiger charge is -2.40. The molecule has 1 aliphatic heterocycles. The maximum Gasteiger partial charge on any atom is 0.417 e. The topological polar surface area (TPSA) is 55.8 Å². The number of ether oxygens (including phenoxy) is 2. The molecule has 0 aliphatic carbocycles. The van der Waals surface area contributed by atoms with E-state index in [1.165, 1.54) is 4.90 Å². The molecule has 1 aliphatic rings. The molecule has 0 radical (unpaired) electrons. The molecular weight excluding hydrogens is 318 g/mol. The lowest BCUT2D eigenvalue weighted by Crippen LogP contribution is -2.59. The number of amides is 2. The van der Waals surface area contributed by atoms with Gasteiger partial charge in [-0.2, -0.15) is 0 Å². The van der Waals surface area contributed by atoms with Crippen molar-refractivity contribution < 1.29 is 19.1 Å². The van der Waals surface area contributed by atoms with Crippen LogP contribution in [0.25, 0.3) is 0 Å². The molecule has 0 bridgehead atoms. The number of rotatable bonds is 4. The van der Waals surface area contributed by atoms with E-state index < -0.39 is 17.8 Å². The molecule has 1 aromatic rings. The minimum Gasteiger partial charge on any atom is -0.443 e. The quantitative estimate of drug-likeness (QED) is 0.831. The van der Waals surface area contributed by atoms with Crippen LogP contribution in [-0.2, 0) is 20.7 Å². The normalized spacial score (nSPS) is 22.6. The molecule has 0 unspecified atom stereocenters. The number of imide groups is 1. The van der Waals surface area contributed by atoms with Crippen LogP contribution in [0, 0.1) is 5.92 Å². The summed E-state index contributed by atoms with van der Waals surface area (Å²) in [7, 11) is 0. The molecule has 25 heavy (non-hydrogen) atoms. The van der Waals surface area contributed by atoms with E-state index in [2.05, 4.69) is 0 Å². The highest BCUT2D eigenvalue weighted by Crippen LogP contribution is 2.25. The third-order valence-corrected chi connectivity index (χ3v) is 4.47. The Labute approximate surface area is 150 Å². The van der Waals surface area contributed by atoms with Crippen LogP contribution in [0.15, 0.2) is 30.3 Å². The van der Waals surface area contributed by atoms with Crippen molar-refractivity contribution >= 4 is 12.0 Å². The Balaban J connectivity index is 2.21. The molecule has 5 heteroatoms. The fourth-order valence-corrected chi connectivity index (χ4v) is 2.88. The van der Waals surface area contributed by atoms with Crippen molar-refractivity contribution in [3.8, 4) is 0 Å². The van der Waals surface area contributed by atoms with E-state index >= 15 is 0 Å². The third kappa shape index (κ3) is 5.05. The minimum absolute atomic E-state index is 0.147. The van der Waals surface area contributed by atoms with Crippen LogP contribution in [-0.4, -0.2) is 41.3 Å². The largest absolute Gasteiger partial charge is 0.443 e. The van der Waals surface area contributed by atoms with E-state index in [1.54, 1.807) is 20.8 Å². The van der Waals surface area contributed by atoms with E-state index in [0.717, 1.165) is 12.0 Å². The van der Waals surface area contributed by atoms with Crippen LogP contribution < -0.4 is 0 Å². The van der Waals surface area contributed by atoms with Crippen LogP contribution >= 0.6 is 0 Å². The van der Waals surface area contributed by atoms with Crippen molar-refractivity contribution in [3.05, 3.63) is 35.9 Å². The summed E-state index contributed by atoms with van der Waals surface area (Å²) in [5.74, 6) is -0.163. The average Bonchev–Trinajstić information content (AvgIpc) is 2.55. The Morgan fingerprint density at radius 2 is 1.96 bits per heavy atom. The molecule has 1 aromatic carbocycles. The Morgan fingerprint density at radius 1 is 1.32 bits per heavy atom. The molecule has 0 saturated carbocycles. The van der Waals surface area contributed by atoms with Crippen molar-refractivity contribution in [2.45, 2.75) is 65.2 Å².